The lowest BCUT2D eigenvalue weighted by Gasteiger charge is -2.15. The van der Waals surface area contributed by atoms with Gasteiger partial charge in [-0.3, -0.25) is 0 Å². The third-order valence-electron chi connectivity index (χ3n) is 1.96. The van der Waals surface area contributed by atoms with Gasteiger partial charge in [0.1, 0.15) is 15.9 Å². The van der Waals surface area contributed by atoms with Gasteiger partial charge in [0.15, 0.2) is 0 Å². The van der Waals surface area contributed by atoms with Crippen molar-refractivity contribution < 1.29 is 4.74 Å². The van der Waals surface area contributed by atoms with E-state index >= 15 is 0 Å². The Labute approximate surface area is 108 Å². The highest BCUT2D eigenvalue weighted by atomic mass is 79.9. The first kappa shape index (κ1) is 13.4. The van der Waals surface area contributed by atoms with Crippen LogP contribution in [0.25, 0.3) is 0 Å². The second-order valence-corrected chi connectivity index (χ2v) is 11.8. The maximum absolute atomic E-state index is 5.60. The summed E-state index contributed by atoms with van der Waals surface area (Å²) >= 11 is 6.75. The third kappa shape index (κ3) is 4.80. The minimum atomic E-state index is -0.975. The fourth-order valence-corrected chi connectivity index (χ4v) is 2.35. The van der Waals surface area contributed by atoms with Crippen LogP contribution in [0.15, 0.2) is 15.5 Å². The molecule has 0 saturated heterocycles. The lowest BCUT2D eigenvalue weighted by molar-refractivity contribution is 0.0857. The van der Waals surface area contributed by atoms with Gasteiger partial charge >= 0.3 is 0 Å². The lowest BCUT2D eigenvalue weighted by Crippen LogP contribution is -2.22. The summed E-state index contributed by atoms with van der Waals surface area (Å²) < 4.78 is 9.26. The summed E-state index contributed by atoms with van der Waals surface area (Å²) in [5.74, 6) is 0. The van der Waals surface area contributed by atoms with Gasteiger partial charge in [0.05, 0.1) is 6.33 Å². The molecule has 0 atom stereocenters. The molecule has 0 N–H and O–H groups in total. The smallest absolute Gasteiger partial charge is 0.138 e. The van der Waals surface area contributed by atoms with Crippen LogP contribution in [-0.4, -0.2) is 24.2 Å². The molecule has 1 aromatic rings. The summed E-state index contributed by atoms with van der Waals surface area (Å²) in [6, 6.07) is 1.19. The van der Waals surface area contributed by atoms with Crippen LogP contribution >= 0.6 is 31.9 Å². The Balaban J connectivity index is 2.30. The van der Waals surface area contributed by atoms with E-state index in [9.17, 15) is 0 Å². The van der Waals surface area contributed by atoms with Gasteiger partial charge in [0.25, 0.3) is 0 Å². The van der Waals surface area contributed by atoms with Crippen molar-refractivity contribution in [2.45, 2.75) is 32.4 Å². The average molecular weight is 356 g/mol. The van der Waals surface area contributed by atoms with Crippen molar-refractivity contribution >= 4 is 39.9 Å². The molecule has 0 aliphatic rings. The normalized spacial score (nSPS) is 12.1. The molecule has 15 heavy (non-hydrogen) atoms. The molecule has 0 aliphatic heterocycles. The Morgan fingerprint density at radius 1 is 1.40 bits per heavy atom. The van der Waals surface area contributed by atoms with E-state index in [1.54, 1.807) is 6.33 Å². The number of rotatable bonds is 5. The summed E-state index contributed by atoms with van der Waals surface area (Å²) in [6.07, 6.45) is 1.75. The van der Waals surface area contributed by atoms with Gasteiger partial charge in [0, 0.05) is 14.7 Å². The standard InChI is InChI=1S/C9H16Br2N2OSi/c1-15(2,3)5-4-14-7-13-6-12-8(10)9(13)11/h6H,4-5,7H2,1-3H3. The second kappa shape index (κ2) is 5.61. The van der Waals surface area contributed by atoms with Crippen molar-refractivity contribution in [3.8, 4) is 0 Å². The molecule has 1 heterocycles. The Morgan fingerprint density at radius 3 is 2.53 bits per heavy atom. The first-order valence-electron chi connectivity index (χ1n) is 4.84. The maximum Gasteiger partial charge on any atom is 0.138 e. The molecule has 0 bridgehead atoms. The fraction of sp³-hybridized carbons (Fsp3) is 0.667. The Kier molecular flexibility index (Phi) is 5.01. The number of aromatic nitrogens is 2. The maximum atomic E-state index is 5.60. The third-order valence-corrected chi connectivity index (χ3v) is 5.61. The molecule has 0 aliphatic carbocycles. The molecule has 0 fully saturated rings. The molecule has 1 aromatic heterocycles. The molecule has 0 radical (unpaired) electrons. The van der Waals surface area contributed by atoms with E-state index in [4.69, 9.17) is 4.74 Å². The Morgan fingerprint density at radius 2 is 2.07 bits per heavy atom. The fourth-order valence-electron chi connectivity index (χ4n) is 0.974. The lowest BCUT2D eigenvalue weighted by atomic mass is 10.8. The van der Waals surface area contributed by atoms with Crippen molar-refractivity contribution in [1.82, 2.24) is 9.55 Å². The molecule has 1 rings (SSSR count). The van der Waals surface area contributed by atoms with Crippen LogP contribution in [0, 0.1) is 0 Å². The minimum Gasteiger partial charge on any atom is -0.361 e. The van der Waals surface area contributed by atoms with Gasteiger partial charge in [-0.25, -0.2) is 4.98 Å². The van der Waals surface area contributed by atoms with Crippen molar-refractivity contribution in [2.24, 2.45) is 0 Å². The van der Waals surface area contributed by atoms with Crippen LogP contribution in [0.4, 0.5) is 0 Å². The predicted octanol–water partition coefficient (Wildman–Crippen LogP) is 3.72. The number of ether oxygens (including phenoxy) is 1. The van der Waals surface area contributed by atoms with Gasteiger partial charge in [-0.05, 0) is 37.9 Å². The molecule has 0 saturated carbocycles. The van der Waals surface area contributed by atoms with Gasteiger partial charge < -0.3 is 9.30 Å². The number of imidazole rings is 1. The summed E-state index contributed by atoms with van der Waals surface area (Å²) in [7, 11) is -0.975. The number of hydrogen-bond donors (Lipinski definition) is 0. The van der Waals surface area contributed by atoms with Crippen LogP contribution in [0.2, 0.25) is 25.7 Å². The van der Waals surface area contributed by atoms with Crippen LogP contribution < -0.4 is 0 Å². The van der Waals surface area contributed by atoms with Crippen molar-refractivity contribution in [1.29, 1.82) is 0 Å². The zero-order valence-corrected chi connectivity index (χ0v) is 13.4. The van der Waals surface area contributed by atoms with Gasteiger partial charge in [-0.1, -0.05) is 19.6 Å². The van der Waals surface area contributed by atoms with Crippen LogP contribution in [0.3, 0.4) is 0 Å². The number of hydrogen-bond acceptors (Lipinski definition) is 2. The summed E-state index contributed by atoms with van der Waals surface area (Å²) in [6.45, 7) is 8.43. The topological polar surface area (TPSA) is 27.1 Å². The van der Waals surface area contributed by atoms with Crippen molar-refractivity contribution in [3.63, 3.8) is 0 Å². The summed E-state index contributed by atoms with van der Waals surface area (Å²) in [4.78, 5) is 4.11. The van der Waals surface area contributed by atoms with E-state index in [1.807, 2.05) is 4.57 Å². The minimum absolute atomic E-state index is 0.559. The summed E-state index contributed by atoms with van der Waals surface area (Å²) in [5, 5.41) is 0. The highest BCUT2D eigenvalue weighted by Crippen LogP contribution is 2.20. The molecule has 0 aromatic carbocycles. The highest BCUT2D eigenvalue weighted by Gasteiger charge is 2.12. The quantitative estimate of drug-likeness (QED) is 0.594. The molecule has 0 amide bonds. The van der Waals surface area contributed by atoms with E-state index in [0.29, 0.717) is 6.73 Å². The number of halogens is 2. The van der Waals surface area contributed by atoms with Crippen LogP contribution in [0.5, 0.6) is 0 Å². The Bertz CT molecular complexity index is 322. The van der Waals surface area contributed by atoms with Crippen LogP contribution in [-0.2, 0) is 11.5 Å². The zero-order valence-electron chi connectivity index (χ0n) is 9.26. The van der Waals surface area contributed by atoms with E-state index in [2.05, 4.69) is 56.5 Å². The highest BCUT2D eigenvalue weighted by molar-refractivity contribution is 9.13. The zero-order chi connectivity index (χ0) is 11.5. The predicted molar refractivity (Wildman–Crippen MR) is 71.7 cm³/mol. The van der Waals surface area contributed by atoms with Gasteiger partial charge in [0.2, 0.25) is 0 Å². The molecule has 0 unspecified atom stereocenters. The first-order valence-corrected chi connectivity index (χ1v) is 10.1. The Hall–Kier alpha value is 0.347. The molecule has 3 nitrogen and oxygen atoms in total. The van der Waals surface area contributed by atoms with Crippen molar-refractivity contribution in [2.75, 3.05) is 6.61 Å². The van der Waals surface area contributed by atoms with Gasteiger partial charge in [-0.2, -0.15) is 0 Å². The molecule has 6 heteroatoms. The SMILES string of the molecule is C[Si](C)(C)CCOCn1cnc(Br)c1Br. The van der Waals surface area contributed by atoms with Crippen LogP contribution in [0.1, 0.15) is 0 Å². The molecule has 86 valence electrons. The second-order valence-electron chi connectivity index (χ2n) is 4.64. The van der Waals surface area contributed by atoms with Gasteiger partial charge in [-0.15, -0.1) is 0 Å². The van der Waals surface area contributed by atoms with Crippen molar-refractivity contribution in [3.05, 3.63) is 15.5 Å². The van der Waals surface area contributed by atoms with E-state index in [1.165, 1.54) is 6.04 Å². The first-order chi connectivity index (χ1) is 6.90. The average Bonchev–Trinajstić information content (AvgIpc) is 2.42. The molecule has 0 spiro atoms. The van der Waals surface area contributed by atoms with E-state index < -0.39 is 8.07 Å². The largest absolute Gasteiger partial charge is 0.361 e. The number of nitrogens with zero attached hydrogens (tertiary/aromatic N) is 2. The molecular weight excluding hydrogens is 340 g/mol. The van der Waals surface area contributed by atoms with E-state index in [-0.39, 0.29) is 0 Å². The monoisotopic (exact) mass is 354 g/mol. The van der Waals surface area contributed by atoms with E-state index in [0.717, 1.165) is 15.8 Å². The molecular formula is C9H16Br2N2OSi. The summed E-state index contributed by atoms with van der Waals surface area (Å²) in [5.41, 5.74) is 0.